The molecule has 1 heterocycles. The Morgan fingerprint density at radius 2 is 1.76 bits per heavy atom. The molecule has 5 nitrogen and oxygen atoms in total. The van der Waals surface area contributed by atoms with Crippen molar-refractivity contribution in [3.8, 4) is 5.75 Å². The van der Waals surface area contributed by atoms with Gasteiger partial charge in [0.2, 0.25) is 0 Å². The summed E-state index contributed by atoms with van der Waals surface area (Å²) in [6.07, 6.45) is 1.65. The second kappa shape index (κ2) is 7.40. The van der Waals surface area contributed by atoms with Crippen LogP contribution < -0.4 is 10.1 Å². The molecule has 128 valence electrons. The summed E-state index contributed by atoms with van der Waals surface area (Å²) < 4.78 is 5.39. The van der Waals surface area contributed by atoms with E-state index in [1.807, 2.05) is 31.2 Å². The number of nitrogens with one attached hydrogen (secondary N) is 1. The number of carbonyl (C=O) groups is 2. The number of imide groups is 1. The lowest BCUT2D eigenvalue weighted by Crippen LogP contribution is -2.30. The van der Waals surface area contributed by atoms with Gasteiger partial charge in [0.15, 0.2) is 0 Å². The summed E-state index contributed by atoms with van der Waals surface area (Å²) in [4.78, 5) is 25.8. The highest BCUT2D eigenvalue weighted by Crippen LogP contribution is 2.19. The van der Waals surface area contributed by atoms with E-state index in [9.17, 15) is 9.59 Å². The van der Waals surface area contributed by atoms with Crippen molar-refractivity contribution >= 4 is 29.6 Å². The summed E-state index contributed by atoms with van der Waals surface area (Å²) in [5.74, 6) is 0.407. The van der Waals surface area contributed by atoms with Gasteiger partial charge in [0.05, 0.1) is 13.2 Å². The number of urea groups is 1. The number of hydrogen-bond donors (Lipinski definition) is 1. The Morgan fingerprint density at radius 1 is 1.08 bits per heavy atom. The van der Waals surface area contributed by atoms with Crippen LogP contribution in [0.3, 0.4) is 0 Å². The highest BCUT2D eigenvalue weighted by Gasteiger charge is 2.33. The summed E-state index contributed by atoms with van der Waals surface area (Å²) in [7, 11) is 0. The topological polar surface area (TPSA) is 58.6 Å². The van der Waals surface area contributed by atoms with Gasteiger partial charge in [-0.05, 0) is 48.4 Å². The summed E-state index contributed by atoms with van der Waals surface area (Å²) in [5, 5.41) is 3.22. The van der Waals surface area contributed by atoms with E-state index >= 15 is 0 Å². The van der Waals surface area contributed by atoms with Crippen LogP contribution in [0.2, 0.25) is 5.02 Å². The van der Waals surface area contributed by atoms with Crippen LogP contribution in [0, 0.1) is 0 Å². The van der Waals surface area contributed by atoms with Gasteiger partial charge < -0.3 is 10.1 Å². The molecule has 1 aliphatic heterocycles. The zero-order valence-electron chi connectivity index (χ0n) is 13.7. The van der Waals surface area contributed by atoms with E-state index in [1.54, 1.807) is 30.3 Å². The molecule has 0 atom stereocenters. The molecule has 0 unspecified atom stereocenters. The van der Waals surface area contributed by atoms with Gasteiger partial charge in [-0.15, -0.1) is 0 Å². The smallest absolute Gasteiger partial charge is 0.329 e. The zero-order valence-corrected chi connectivity index (χ0v) is 14.4. The molecule has 2 aromatic rings. The van der Waals surface area contributed by atoms with E-state index in [0.29, 0.717) is 11.6 Å². The number of hydrogen-bond acceptors (Lipinski definition) is 3. The fraction of sp³-hybridized carbons (Fsp3) is 0.158. The van der Waals surface area contributed by atoms with Crippen LogP contribution in [0.25, 0.3) is 6.08 Å². The van der Waals surface area contributed by atoms with Crippen LogP contribution in [0.5, 0.6) is 5.75 Å². The Bertz CT molecular complexity index is 814. The minimum absolute atomic E-state index is 0.197. The predicted octanol–water partition coefficient (Wildman–Crippen LogP) is 3.83. The maximum absolute atomic E-state index is 12.5. The Morgan fingerprint density at radius 3 is 2.40 bits per heavy atom. The predicted molar refractivity (Wildman–Crippen MR) is 96.1 cm³/mol. The molecular weight excluding hydrogens is 340 g/mol. The first-order valence-corrected chi connectivity index (χ1v) is 8.26. The van der Waals surface area contributed by atoms with Crippen molar-refractivity contribution in [2.75, 3.05) is 6.61 Å². The van der Waals surface area contributed by atoms with Crippen molar-refractivity contribution in [1.82, 2.24) is 10.2 Å². The Kier molecular flexibility index (Phi) is 5.05. The maximum Gasteiger partial charge on any atom is 0.329 e. The third kappa shape index (κ3) is 4.00. The lowest BCUT2D eigenvalue weighted by atomic mass is 10.1. The lowest BCUT2D eigenvalue weighted by Gasteiger charge is -2.11. The highest BCUT2D eigenvalue weighted by molar-refractivity contribution is 6.30. The van der Waals surface area contributed by atoms with E-state index in [0.717, 1.165) is 16.9 Å². The SMILES string of the molecule is CCOc1ccc(/C=C2\NC(=O)N(Cc3ccc(Cl)cc3)C2=O)cc1. The third-order valence-electron chi connectivity index (χ3n) is 3.72. The van der Waals surface area contributed by atoms with Gasteiger partial charge in [-0.25, -0.2) is 4.79 Å². The minimum atomic E-state index is -0.433. The number of halogens is 1. The molecule has 0 aromatic heterocycles. The largest absolute Gasteiger partial charge is 0.494 e. The number of ether oxygens (including phenoxy) is 1. The highest BCUT2D eigenvalue weighted by atomic mass is 35.5. The molecule has 1 fully saturated rings. The van der Waals surface area contributed by atoms with Gasteiger partial charge in [-0.3, -0.25) is 9.69 Å². The molecule has 2 aromatic carbocycles. The Hall–Kier alpha value is -2.79. The number of benzene rings is 2. The van der Waals surface area contributed by atoms with Crippen LogP contribution in [0.15, 0.2) is 54.2 Å². The third-order valence-corrected chi connectivity index (χ3v) is 3.97. The number of amides is 3. The molecule has 25 heavy (non-hydrogen) atoms. The first-order valence-electron chi connectivity index (χ1n) is 7.88. The molecule has 0 radical (unpaired) electrons. The molecule has 6 heteroatoms. The molecule has 3 rings (SSSR count). The fourth-order valence-electron chi connectivity index (χ4n) is 2.48. The molecule has 0 bridgehead atoms. The van der Waals surface area contributed by atoms with E-state index in [4.69, 9.17) is 16.3 Å². The molecule has 0 spiro atoms. The van der Waals surface area contributed by atoms with Gasteiger partial charge in [0, 0.05) is 5.02 Å². The van der Waals surface area contributed by atoms with E-state index in [-0.39, 0.29) is 18.1 Å². The van der Waals surface area contributed by atoms with Crippen molar-refractivity contribution in [3.63, 3.8) is 0 Å². The second-order valence-electron chi connectivity index (χ2n) is 5.51. The van der Waals surface area contributed by atoms with Crippen molar-refractivity contribution in [1.29, 1.82) is 0 Å². The monoisotopic (exact) mass is 356 g/mol. The molecule has 1 aliphatic rings. The first kappa shape index (κ1) is 17.0. The quantitative estimate of drug-likeness (QED) is 0.654. The fourth-order valence-corrected chi connectivity index (χ4v) is 2.61. The Labute approximate surface area is 150 Å². The summed E-state index contributed by atoms with van der Waals surface area (Å²) in [6, 6.07) is 13.9. The summed E-state index contributed by atoms with van der Waals surface area (Å²) in [5.41, 5.74) is 1.89. The van der Waals surface area contributed by atoms with Gasteiger partial charge in [-0.2, -0.15) is 0 Å². The van der Waals surface area contributed by atoms with Crippen LogP contribution in [0.1, 0.15) is 18.1 Å². The van der Waals surface area contributed by atoms with Crippen molar-refractivity contribution in [2.45, 2.75) is 13.5 Å². The second-order valence-corrected chi connectivity index (χ2v) is 5.94. The molecule has 1 saturated heterocycles. The molecule has 0 aliphatic carbocycles. The van der Waals surface area contributed by atoms with Gasteiger partial charge in [-0.1, -0.05) is 35.9 Å². The first-order chi connectivity index (χ1) is 12.1. The van der Waals surface area contributed by atoms with Crippen LogP contribution >= 0.6 is 11.6 Å². The minimum Gasteiger partial charge on any atom is -0.494 e. The maximum atomic E-state index is 12.5. The van der Waals surface area contributed by atoms with E-state index < -0.39 is 6.03 Å². The van der Waals surface area contributed by atoms with E-state index in [1.165, 1.54) is 4.90 Å². The number of nitrogens with zero attached hydrogens (tertiary/aromatic N) is 1. The van der Waals surface area contributed by atoms with Crippen LogP contribution in [0.4, 0.5) is 4.79 Å². The molecule has 3 amide bonds. The van der Waals surface area contributed by atoms with Crippen molar-refractivity contribution in [3.05, 3.63) is 70.4 Å². The number of carbonyl (C=O) groups excluding carboxylic acids is 2. The van der Waals surface area contributed by atoms with Gasteiger partial charge >= 0.3 is 6.03 Å². The average Bonchev–Trinajstić information content (AvgIpc) is 2.86. The summed E-state index contributed by atoms with van der Waals surface area (Å²) in [6.45, 7) is 2.70. The van der Waals surface area contributed by atoms with Crippen LogP contribution in [-0.2, 0) is 11.3 Å². The zero-order chi connectivity index (χ0) is 17.8. The molecule has 1 N–H and O–H groups in total. The molecule has 0 saturated carbocycles. The van der Waals surface area contributed by atoms with E-state index in [2.05, 4.69) is 5.32 Å². The lowest BCUT2D eigenvalue weighted by molar-refractivity contribution is -0.123. The standard InChI is InChI=1S/C19H17ClN2O3/c1-2-25-16-9-5-13(6-10-16)11-17-18(23)22(19(24)21-17)12-14-3-7-15(20)8-4-14/h3-11H,2,12H2,1H3,(H,21,24)/b17-11-. The van der Waals surface area contributed by atoms with Crippen LogP contribution in [-0.4, -0.2) is 23.4 Å². The average molecular weight is 357 g/mol. The van der Waals surface area contributed by atoms with Crippen molar-refractivity contribution < 1.29 is 14.3 Å². The Balaban J connectivity index is 1.74. The van der Waals surface area contributed by atoms with Crippen molar-refractivity contribution in [2.24, 2.45) is 0 Å². The summed E-state index contributed by atoms with van der Waals surface area (Å²) >= 11 is 5.85. The van der Waals surface area contributed by atoms with Gasteiger partial charge in [0.25, 0.3) is 5.91 Å². The normalized spacial score (nSPS) is 15.6. The molecular formula is C19H17ClN2O3. The number of rotatable bonds is 5. The van der Waals surface area contributed by atoms with Gasteiger partial charge in [0.1, 0.15) is 11.4 Å².